The van der Waals surface area contributed by atoms with Gasteiger partial charge in [-0.25, -0.2) is 18.3 Å². The number of rotatable bonds is 14. The Kier molecular flexibility index (Phi) is 13.6. The van der Waals surface area contributed by atoms with E-state index in [0.29, 0.717) is 11.5 Å². The Hall–Kier alpha value is -2.32. The van der Waals surface area contributed by atoms with Crippen LogP contribution >= 0.6 is 15.4 Å². The minimum absolute atomic E-state index is 0.0353. The van der Waals surface area contributed by atoms with E-state index < -0.39 is 48.4 Å². The molecule has 0 aliphatic rings. The third kappa shape index (κ3) is 10.4. The Labute approximate surface area is 294 Å². The molecule has 0 saturated carbocycles. The zero-order valence-corrected chi connectivity index (χ0v) is 34.2. The summed E-state index contributed by atoms with van der Waals surface area (Å²) in [5.41, 5.74) is -1.35. The Morgan fingerprint density at radius 3 is 0.918 bits per heavy atom. The smallest absolute Gasteiger partial charge is 0.427 e. The first-order valence-corrected chi connectivity index (χ1v) is 18.9. The molecule has 0 aliphatic heterocycles. The van der Waals surface area contributed by atoms with Gasteiger partial charge in [0.1, 0.15) is 11.5 Å². The van der Waals surface area contributed by atoms with Crippen molar-refractivity contribution in [1.82, 2.24) is 0 Å². The van der Waals surface area contributed by atoms with Crippen LogP contribution in [0.1, 0.15) is 123 Å². The summed E-state index contributed by atoms with van der Waals surface area (Å²) in [5, 5.41) is 0. The van der Waals surface area contributed by atoms with Crippen molar-refractivity contribution in [2.75, 3.05) is 27.4 Å². The van der Waals surface area contributed by atoms with Crippen molar-refractivity contribution < 1.29 is 46.7 Å². The third-order valence-corrected chi connectivity index (χ3v) is 9.68. The standard InChI is InChI=1S/C37H58O10P2/c1-24-20-26(32(3,4)5)30(27(21-24)33(6,7)8)46-36(42-15,48(38)39)44-18-17-19-45-37(43-16,49(40)41)47-31-28(34(9,10)11)22-25(2)23-29(31)35(12,13)14/h20-23H,17-19H2,1-16H3. The van der Waals surface area contributed by atoms with Crippen LogP contribution in [0.25, 0.3) is 0 Å². The molecule has 0 bridgehead atoms. The van der Waals surface area contributed by atoms with Gasteiger partial charge in [0, 0.05) is 36.5 Å². The van der Waals surface area contributed by atoms with Gasteiger partial charge in [0.25, 0.3) is 0 Å². The molecular formula is C37H58O10P2. The lowest BCUT2D eigenvalue weighted by molar-refractivity contribution is -0.285. The molecule has 0 heterocycles. The first-order chi connectivity index (χ1) is 22.1. The third-order valence-electron chi connectivity index (χ3n) is 7.98. The van der Waals surface area contributed by atoms with E-state index in [4.69, 9.17) is 28.4 Å². The molecule has 0 aliphatic carbocycles. The maximum absolute atomic E-state index is 12.8. The van der Waals surface area contributed by atoms with Crippen LogP contribution in [0.4, 0.5) is 0 Å². The molecule has 2 atom stereocenters. The second-order valence-electron chi connectivity index (χ2n) is 16.6. The Morgan fingerprint density at radius 1 is 0.490 bits per heavy atom. The van der Waals surface area contributed by atoms with Gasteiger partial charge in [-0.3, -0.25) is 0 Å². The van der Waals surface area contributed by atoms with Gasteiger partial charge in [0.2, 0.25) is 0 Å². The van der Waals surface area contributed by atoms with E-state index >= 15 is 0 Å². The molecule has 2 rings (SSSR count). The van der Waals surface area contributed by atoms with Gasteiger partial charge in [0.15, 0.2) is 0 Å². The number of hydrogen-bond donors (Lipinski definition) is 0. The van der Waals surface area contributed by atoms with Gasteiger partial charge in [-0.1, -0.05) is 118 Å². The predicted octanol–water partition coefficient (Wildman–Crippen LogP) is 10.2. The minimum Gasteiger partial charge on any atom is -0.427 e. The summed E-state index contributed by atoms with van der Waals surface area (Å²) in [6, 6.07) is 7.87. The molecule has 10 nitrogen and oxygen atoms in total. The van der Waals surface area contributed by atoms with Crippen LogP contribution in [-0.2, 0) is 58.9 Å². The van der Waals surface area contributed by atoms with E-state index in [1.165, 1.54) is 14.2 Å². The molecule has 0 radical (unpaired) electrons. The van der Waals surface area contributed by atoms with Gasteiger partial charge < -0.3 is 28.4 Å². The predicted molar refractivity (Wildman–Crippen MR) is 191 cm³/mol. The molecular weight excluding hydrogens is 666 g/mol. The van der Waals surface area contributed by atoms with Crippen molar-refractivity contribution in [3.05, 3.63) is 57.6 Å². The van der Waals surface area contributed by atoms with E-state index in [-0.39, 0.29) is 19.6 Å². The van der Waals surface area contributed by atoms with Gasteiger partial charge in [-0.05, 0) is 41.9 Å². The van der Waals surface area contributed by atoms with Gasteiger partial charge in [-0.15, -0.1) is 0 Å². The highest BCUT2D eigenvalue weighted by Crippen LogP contribution is 2.47. The van der Waals surface area contributed by atoms with Crippen LogP contribution in [0.3, 0.4) is 0 Å². The van der Waals surface area contributed by atoms with Crippen LogP contribution in [0.5, 0.6) is 11.5 Å². The van der Waals surface area contributed by atoms with E-state index in [1.54, 1.807) is 0 Å². The Bertz CT molecular complexity index is 1410. The topological polar surface area (TPSA) is 124 Å². The lowest BCUT2D eigenvalue weighted by atomic mass is 9.78. The number of ether oxygens (including phenoxy) is 6. The molecule has 12 heteroatoms. The minimum atomic E-state index is -3.45. The highest BCUT2D eigenvalue weighted by Gasteiger charge is 2.46. The summed E-state index contributed by atoms with van der Waals surface area (Å²) in [6.07, 6.45) is 0.0353. The van der Waals surface area contributed by atoms with Crippen molar-refractivity contribution in [1.29, 1.82) is 0 Å². The first kappa shape index (κ1) is 42.8. The molecule has 0 aromatic heterocycles. The van der Waals surface area contributed by atoms with Crippen molar-refractivity contribution in [3.63, 3.8) is 0 Å². The zero-order valence-electron chi connectivity index (χ0n) is 32.4. The molecule has 2 aromatic carbocycles. The average molecular weight is 725 g/mol. The van der Waals surface area contributed by atoms with E-state index in [1.807, 2.05) is 121 Å². The maximum Gasteiger partial charge on any atom is 0.444 e. The summed E-state index contributed by atoms with van der Waals surface area (Å²) in [7, 11) is -4.52. The van der Waals surface area contributed by atoms with Crippen LogP contribution in [0.15, 0.2) is 24.3 Å². The van der Waals surface area contributed by atoms with Gasteiger partial charge in [0.05, 0.1) is 13.2 Å². The molecule has 0 N–H and O–H groups in total. The zero-order chi connectivity index (χ0) is 38.0. The van der Waals surface area contributed by atoms with Crippen molar-refractivity contribution in [3.8, 4) is 11.5 Å². The molecule has 49 heavy (non-hydrogen) atoms. The lowest BCUT2D eigenvalue weighted by Crippen LogP contribution is -2.40. The molecule has 0 amide bonds. The van der Waals surface area contributed by atoms with Crippen molar-refractivity contribution >= 4 is 15.4 Å². The Balaban J connectivity index is 2.44. The first-order valence-electron chi connectivity index (χ1n) is 16.5. The summed E-state index contributed by atoms with van der Waals surface area (Å²) in [5.74, 6) is 0.723. The van der Waals surface area contributed by atoms with Crippen molar-refractivity contribution in [2.24, 2.45) is 0 Å². The van der Waals surface area contributed by atoms with Gasteiger partial charge in [-0.2, -0.15) is 0 Å². The fourth-order valence-electron chi connectivity index (χ4n) is 5.30. The molecule has 0 saturated heterocycles. The van der Waals surface area contributed by atoms with Crippen LogP contribution in [0, 0.1) is 13.8 Å². The fourth-order valence-corrected chi connectivity index (χ4v) is 6.33. The highest BCUT2D eigenvalue weighted by molar-refractivity contribution is 7.32. The van der Waals surface area contributed by atoms with Gasteiger partial charge >= 0.3 is 26.8 Å². The van der Waals surface area contributed by atoms with Crippen LogP contribution in [0.2, 0.25) is 0 Å². The molecule has 0 spiro atoms. The number of benzene rings is 2. The number of methoxy groups -OCH3 is 2. The lowest BCUT2D eigenvalue weighted by Gasteiger charge is -2.34. The monoisotopic (exact) mass is 724 g/mol. The molecule has 0 fully saturated rings. The molecule has 276 valence electrons. The Morgan fingerprint density at radius 2 is 0.735 bits per heavy atom. The summed E-state index contributed by atoms with van der Waals surface area (Å²) in [6.45, 7) is 27.7. The summed E-state index contributed by atoms with van der Waals surface area (Å²) >= 11 is 0. The summed E-state index contributed by atoms with van der Waals surface area (Å²) < 4.78 is 86.1. The largest absolute Gasteiger partial charge is 0.444 e. The summed E-state index contributed by atoms with van der Waals surface area (Å²) in [4.78, 5) is 0. The number of hydrogen-bond acceptors (Lipinski definition) is 10. The second-order valence-corrected chi connectivity index (χ2v) is 18.7. The molecule has 2 aromatic rings. The second kappa shape index (κ2) is 15.5. The van der Waals surface area contributed by atoms with E-state index in [0.717, 1.165) is 33.4 Å². The van der Waals surface area contributed by atoms with Crippen LogP contribution < -0.4 is 9.47 Å². The van der Waals surface area contributed by atoms with E-state index in [2.05, 4.69) is 0 Å². The maximum atomic E-state index is 12.8. The molecule has 2 unspecified atom stereocenters. The highest BCUT2D eigenvalue weighted by atomic mass is 31.1. The quantitative estimate of drug-likeness (QED) is 0.106. The van der Waals surface area contributed by atoms with Crippen molar-refractivity contribution in [2.45, 2.75) is 136 Å². The average Bonchev–Trinajstić information content (AvgIpc) is 2.94. The normalized spacial score (nSPS) is 15.3. The van der Waals surface area contributed by atoms with Crippen LogP contribution in [-0.4, -0.2) is 38.9 Å². The SMILES string of the molecule is COC(OCCCOC(OC)(Oc1c(C(C)(C)C)cc(C)cc1C(C)(C)C)P(=O)=O)(Oc1c(C(C)(C)C)cc(C)cc1C(C)(C)C)P(=O)=O. The fraction of sp³-hybridized carbons (Fsp3) is 0.676. The van der Waals surface area contributed by atoms with E-state index in [9.17, 15) is 18.3 Å². The number of aryl methyl sites for hydroxylation is 2.